The lowest BCUT2D eigenvalue weighted by Gasteiger charge is -2.36. The third-order valence-electron chi connectivity index (χ3n) is 6.22. The van der Waals surface area contributed by atoms with E-state index >= 15 is 0 Å². The first-order chi connectivity index (χ1) is 17.1. The van der Waals surface area contributed by atoms with Crippen LogP contribution in [0, 0.1) is 13.8 Å². The van der Waals surface area contributed by atoms with Crippen molar-refractivity contribution in [2.24, 2.45) is 0 Å². The van der Waals surface area contributed by atoms with Crippen molar-refractivity contribution >= 4 is 11.6 Å². The molecule has 0 radical (unpaired) electrons. The lowest BCUT2D eigenvalue weighted by Crippen LogP contribution is -2.48. The maximum absolute atomic E-state index is 13.2. The lowest BCUT2D eigenvalue weighted by molar-refractivity contribution is -0.137. The first kappa shape index (κ1) is 25.4. The van der Waals surface area contributed by atoms with E-state index in [4.69, 9.17) is 9.47 Å². The molecule has 0 unspecified atom stereocenters. The number of hydrogen-bond acceptors (Lipinski definition) is 4. The van der Waals surface area contributed by atoms with Crippen molar-refractivity contribution < 1.29 is 27.4 Å². The maximum Gasteiger partial charge on any atom is 0.416 e. The molecular formula is C28H29F3N2O3. The summed E-state index contributed by atoms with van der Waals surface area (Å²) in [6.07, 6.45) is -4.39. The molecule has 3 aromatic carbocycles. The smallest absolute Gasteiger partial charge is 0.416 e. The summed E-state index contributed by atoms with van der Waals surface area (Å²) in [5.74, 6) is 1.25. The van der Waals surface area contributed by atoms with Crippen LogP contribution >= 0.6 is 0 Å². The summed E-state index contributed by atoms with van der Waals surface area (Å²) < 4.78 is 50.7. The van der Waals surface area contributed by atoms with Gasteiger partial charge >= 0.3 is 6.18 Å². The summed E-state index contributed by atoms with van der Waals surface area (Å²) in [5, 5.41) is 0. The number of benzene rings is 3. The lowest BCUT2D eigenvalue weighted by atomic mass is 10.1. The molecule has 5 nitrogen and oxygen atoms in total. The number of hydrogen-bond donors (Lipinski definition) is 0. The van der Waals surface area contributed by atoms with Gasteiger partial charge in [-0.05, 0) is 73.5 Å². The Morgan fingerprint density at radius 1 is 0.917 bits per heavy atom. The van der Waals surface area contributed by atoms with Gasteiger partial charge < -0.3 is 19.3 Å². The van der Waals surface area contributed by atoms with Crippen LogP contribution in [-0.2, 0) is 12.8 Å². The van der Waals surface area contributed by atoms with Gasteiger partial charge in [-0.3, -0.25) is 4.79 Å². The van der Waals surface area contributed by atoms with Crippen LogP contribution in [0.15, 0.2) is 60.7 Å². The number of alkyl halides is 3. The molecule has 0 atom stereocenters. The second-order valence-electron chi connectivity index (χ2n) is 8.97. The monoisotopic (exact) mass is 498 g/mol. The number of carbonyl (C=O) groups is 1. The third kappa shape index (κ3) is 5.93. The van der Waals surface area contributed by atoms with Crippen LogP contribution in [0.4, 0.5) is 18.9 Å². The first-order valence-corrected chi connectivity index (χ1v) is 11.7. The Morgan fingerprint density at radius 3 is 2.25 bits per heavy atom. The summed E-state index contributed by atoms with van der Waals surface area (Å²) in [5.41, 5.74) is 3.31. The van der Waals surface area contributed by atoms with Gasteiger partial charge in [0.1, 0.15) is 18.1 Å². The minimum Gasteiger partial charge on any atom is -0.496 e. The fourth-order valence-corrected chi connectivity index (χ4v) is 4.43. The molecule has 0 saturated carbocycles. The SMILES string of the molecule is COc1ccc(C(=O)N2CCN(c3cccc(C(F)(F)F)c3)CC2)cc1COc1cc(C)cc(C)c1. The molecule has 0 N–H and O–H groups in total. The fraction of sp³-hybridized carbons (Fsp3) is 0.321. The Balaban J connectivity index is 1.43. The molecule has 1 aliphatic heterocycles. The van der Waals surface area contributed by atoms with Crippen molar-refractivity contribution in [2.75, 3.05) is 38.2 Å². The van der Waals surface area contributed by atoms with Crippen LogP contribution in [0.1, 0.15) is 32.6 Å². The van der Waals surface area contributed by atoms with Crippen molar-refractivity contribution in [3.63, 3.8) is 0 Å². The van der Waals surface area contributed by atoms with E-state index in [1.807, 2.05) is 30.9 Å². The largest absolute Gasteiger partial charge is 0.496 e. The highest BCUT2D eigenvalue weighted by Crippen LogP contribution is 2.32. The molecule has 0 aliphatic carbocycles. The van der Waals surface area contributed by atoms with Gasteiger partial charge in [0.25, 0.3) is 5.91 Å². The van der Waals surface area contributed by atoms with Crippen molar-refractivity contribution in [3.8, 4) is 11.5 Å². The van der Waals surface area contributed by atoms with E-state index in [2.05, 4.69) is 6.07 Å². The number of carbonyl (C=O) groups excluding carboxylic acids is 1. The number of piperazine rings is 1. The zero-order chi connectivity index (χ0) is 25.9. The van der Waals surface area contributed by atoms with Gasteiger partial charge in [-0.2, -0.15) is 13.2 Å². The minimum atomic E-state index is -4.39. The summed E-state index contributed by atoms with van der Waals surface area (Å²) >= 11 is 0. The van der Waals surface area contributed by atoms with Crippen molar-refractivity contribution in [1.29, 1.82) is 0 Å². The van der Waals surface area contributed by atoms with Gasteiger partial charge in [-0.25, -0.2) is 0 Å². The second-order valence-corrected chi connectivity index (χ2v) is 8.97. The number of halogens is 3. The Bertz CT molecular complexity index is 1210. The highest BCUT2D eigenvalue weighted by Gasteiger charge is 2.31. The topological polar surface area (TPSA) is 42.0 Å². The average Bonchev–Trinajstić information content (AvgIpc) is 2.86. The molecule has 1 saturated heterocycles. The second kappa shape index (κ2) is 10.5. The molecule has 0 aromatic heterocycles. The van der Waals surface area contributed by atoms with E-state index in [0.717, 1.165) is 34.6 Å². The summed E-state index contributed by atoms with van der Waals surface area (Å²) in [6.45, 7) is 5.98. The molecule has 4 rings (SSSR count). The number of rotatable bonds is 6. The number of aryl methyl sites for hydroxylation is 2. The molecule has 1 amide bonds. The van der Waals surface area contributed by atoms with Crippen molar-refractivity contribution in [1.82, 2.24) is 4.90 Å². The maximum atomic E-state index is 13.2. The highest BCUT2D eigenvalue weighted by molar-refractivity contribution is 5.94. The van der Waals surface area contributed by atoms with Crippen LogP contribution in [-0.4, -0.2) is 44.1 Å². The Kier molecular flexibility index (Phi) is 7.43. The van der Waals surface area contributed by atoms with Crippen LogP contribution in [0.2, 0.25) is 0 Å². The van der Waals surface area contributed by atoms with E-state index < -0.39 is 11.7 Å². The number of methoxy groups -OCH3 is 1. The van der Waals surface area contributed by atoms with Gasteiger partial charge in [-0.1, -0.05) is 12.1 Å². The van der Waals surface area contributed by atoms with Crippen LogP contribution in [0.5, 0.6) is 11.5 Å². The Labute approximate surface area is 209 Å². The zero-order valence-electron chi connectivity index (χ0n) is 20.6. The zero-order valence-corrected chi connectivity index (χ0v) is 20.6. The van der Waals surface area contributed by atoms with E-state index in [0.29, 0.717) is 43.2 Å². The van der Waals surface area contributed by atoms with Gasteiger partial charge in [0.05, 0.1) is 12.7 Å². The van der Waals surface area contributed by atoms with E-state index in [-0.39, 0.29) is 12.5 Å². The van der Waals surface area contributed by atoms with Gasteiger partial charge in [0.2, 0.25) is 0 Å². The predicted octanol–water partition coefficient (Wildman–Crippen LogP) is 5.87. The minimum absolute atomic E-state index is 0.131. The highest BCUT2D eigenvalue weighted by atomic mass is 19.4. The van der Waals surface area contributed by atoms with Gasteiger partial charge in [0.15, 0.2) is 0 Å². The molecule has 1 aliphatic rings. The van der Waals surface area contributed by atoms with Crippen molar-refractivity contribution in [2.45, 2.75) is 26.6 Å². The Hall–Kier alpha value is -3.68. The fourth-order valence-electron chi connectivity index (χ4n) is 4.43. The average molecular weight is 499 g/mol. The summed E-state index contributed by atoms with van der Waals surface area (Å²) in [6, 6.07) is 16.5. The number of anilines is 1. The van der Waals surface area contributed by atoms with Crippen LogP contribution in [0.3, 0.4) is 0 Å². The standard InChI is InChI=1S/C28H29F3N2O3/c1-19-13-20(2)15-25(14-19)36-18-22-16-21(7-8-26(22)35-3)27(34)33-11-9-32(10-12-33)24-6-4-5-23(17-24)28(29,30)31/h4-8,13-17H,9-12,18H2,1-3H3. The quantitative estimate of drug-likeness (QED) is 0.426. The molecule has 1 fully saturated rings. The molecule has 0 spiro atoms. The van der Waals surface area contributed by atoms with E-state index in [9.17, 15) is 18.0 Å². The number of ether oxygens (including phenoxy) is 2. The van der Waals surface area contributed by atoms with Crippen LogP contribution < -0.4 is 14.4 Å². The molecular weight excluding hydrogens is 469 g/mol. The third-order valence-corrected chi connectivity index (χ3v) is 6.22. The Morgan fingerprint density at radius 2 is 1.61 bits per heavy atom. The van der Waals surface area contributed by atoms with E-state index in [1.54, 1.807) is 36.3 Å². The normalized spacial score (nSPS) is 14.1. The molecule has 8 heteroatoms. The molecule has 190 valence electrons. The number of nitrogens with zero attached hydrogens (tertiary/aromatic N) is 2. The molecule has 1 heterocycles. The molecule has 0 bridgehead atoms. The van der Waals surface area contributed by atoms with E-state index in [1.165, 1.54) is 6.07 Å². The van der Waals surface area contributed by atoms with Crippen LogP contribution in [0.25, 0.3) is 0 Å². The summed E-state index contributed by atoms with van der Waals surface area (Å²) in [4.78, 5) is 16.8. The molecule has 36 heavy (non-hydrogen) atoms. The first-order valence-electron chi connectivity index (χ1n) is 11.7. The van der Waals surface area contributed by atoms with Crippen molar-refractivity contribution in [3.05, 3.63) is 88.5 Å². The predicted molar refractivity (Wildman–Crippen MR) is 133 cm³/mol. The van der Waals surface area contributed by atoms with Gasteiger partial charge in [0, 0.05) is 43.0 Å². The number of amides is 1. The summed E-state index contributed by atoms with van der Waals surface area (Å²) in [7, 11) is 1.57. The molecule has 3 aromatic rings. The van der Waals surface area contributed by atoms with Gasteiger partial charge in [-0.15, -0.1) is 0 Å².